The van der Waals surface area contributed by atoms with E-state index >= 15 is 0 Å². The van der Waals surface area contributed by atoms with E-state index in [2.05, 4.69) is 20.9 Å². The lowest BCUT2D eigenvalue weighted by Crippen LogP contribution is -2.04. The molecule has 0 spiro atoms. The van der Waals surface area contributed by atoms with Gasteiger partial charge in [0.25, 0.3) is 0 Å². The van der Waals surface area contributed by atoms with Crippen LogP contribution in [0.25, 0.3) is 11.3 Å². The Morgan fingerprint density at radius 2 is 1.76 bits per heavy atom. The molecule has 0 bridgehead atoms. The van der Waals surface area contributed by atoms with Crippen LogP contribution in [0.1, 0.15) is 5.56 Å². The number of aryl methyl sites for hydroxylation is 1. The standard InChI is InChI=1S/C11H8BrF3N2/c1-17-6-16-10(12)9(17)7-2-4-8(5-3-7)11(13,14)15/h2-6H,1H3. The molecule has 90 valence electrons. The molecule has 2 rings (SSSR count). The number of benzene rings is 1. The lowest BCUT2D eigenvalue weighted by atomic mass is 10.1. The SMILES string of the molecule is Cn1cnc(Br)c1-c1ccc(C(F)(F)F)cc1. The molecule has 17 heavy (non-hydrogen) atoms. The molecule has 0 atom stereocenters. The summed E-state index contributed by atoms with van der Waals surface area (Å²) in [5.41, 5.74) is 0.781. The van der Waals surface area contributed by atoms with Gasteiger partial charge in [0.1, 0.15) is 4.60 Å². The first-order valence-corrected chi connectivity index (χ1v) is 5.53. The first-order chi connectivity index (χ1) is 7.89. The van der Waals surface area contributed by atoms with Crippen LogP contribution in [0, 0.1) is 0 Å². The predicted molar refractivity (Wildman–Crippen MR) is 61.3 cm³/mol. The Hall–Kier alpha value is -1.30. The Kier molecular flexibility index (Phi) is 2.99. The maximum Gasteiger partial charge on any atom is 0.416 e. The van der Waals surface area contributed by atoms with E-state index in [1.807, 2.05) is 0 Å². The van der Waals surface area contributed by atoms with Crippen LogP contribution in [-0.4, -0.2) is 9.55 Å². The molecule has 2 nitrogen and oxygen atoms in total. The minimum atomic E-state index is -4.30. The second-order valence-corrected chi connectivity index (χ2v) is 4.32. The lowest BCUT2D eigenvalue weighted by Gasteiger charge is -2.08. The predicted octanol–water partition coefficient (Wildman–Crippen LogP) is 3.87. The van der Waals surface area contributed by atoms with Crippen LogP contribution in [0.2, 0.25) is 0 Å². The minimum absolute atomic E-state index is 0.611. The normalized spacial score (nSPS) is 11.8. The van der Waals surface area contributed by atoms with Gasteiger partial charge in [-0.3, -0.25) is 0 Å². The summed E-state index contributed by atoms with van der Waals surface area (Å²) in [4.78, 5) is 4.02. The molecule has 0 aliphatic rings. The molecule has 0 fully saturated rings. The van der Waals surface area contributed by atoms with Crippen molar-refractivity contribution < 1.29 is 13.2 Å². The van der Waals surface area contributed by atoms with Gasteiger partial charge in [-0.15, -0.1) is 0 Å². The Morgan fingerprint density at radius 3 is 2.18 bits per heavy atom. The van der Waals surface area contributed by atoms with E-state index < -0.39 is 11.7 Å². The zero-order valence-electron chi connectivity index (χ0n) is 8.79. The van der Waals surface area contributed by atoms with Crippen molar-refractivity contribution in [1.82, 2.24) is 9.55 Å². The molecule has 1 aromatic heterocycles. The highest BCUT2D eigenvalue weighted by atomic mass is 79.9. The Balaban J connectivity index is 2.43. The Bertz CT molecular complexity index is 509. The van der Waals surface area contributed by atoms with Gasteiger partial charge in [-0.2, -0.15) is 13.2 Å². The largest absolute Gasteiger partial charge is 0.416 e. The molecule has 0 saturated heterocycles. The average molecular weight is 305 g/mol. The molecule has 1 aromatic carbocycles. The van der Waals surface area contributed by atoms with E-state index in [-0.39, 0.29) is 0 Å². The number of halogens is 4. The van der Waals surface area contributed by atoms with Gasteiger partial charge in [0.05, 0.1) is 17.6 Å². The molecule has 2 aromatic rings. The second kappa shape index (κ2) is 4.18. The molecule has 6 heteroatoms. The number of aromatic nitrogens is 2. The van der Waals surface area contributed by atoms with E-state index in [1.165, 1.54) is 12.1 Å². The summed E-state index contributed by atoms with van der Waals surface area (Å²) in [5.74, 6) is 0. The smallest absolute Gasteiger partial charge is 0.333 e. The molecule has 0 N–H and O–H groups in total. The third-order valence-corrected chi connectivity index (χ3v) is 2.96. The highest BCUT2D eigenvalue weighted by molar-refractivity contribution is 9.10. The van der Waals surface area contributed by atoms with Crippen LogP contribution in [0.15, 0.2) is 35.2 Å². The fourth-order valence-electron chi connectivity index (χ4n) is 1.54. The fourth-order valence-corrected chi connectivity index (χ4v) is 2.14. The number of hydrogen-bond acceptors (Lipinski definition) is 1. The molecular weight excluding hydrogens is 297 g/mol. The molecule has 0 amide bonds. The number of alkyl halides is 3. The van der Waals surface area contributed by atoms with Gasteiger partial charge in [0, 0.05) is 12.6 Å². The highest BCUT2D eigenvalue weighted by Gasteiger charge is 2.30. The number of rotatable bonds is 1. The van der Waals surface area contributed by atoms with Crippen LogP contribution in [0.3, 0.4) is 0 Å². The van der Waals surface area contributed by atoms with Gasteiger partial charge >= 0.3 is 6.18 Å². The van der Waals surface area contributed by atoms with Crippen molar-refractivity contribution in [2.24, 2.45) is 7.05 Å². The topological polar surface area (TPSA) is 17.8 Å². The van der Waals surface area contributed by atoms with E-state index in [9.17, 15) is 13.2 Å². The maximum absolute atomic E-state index is 12.4. The van der Waals surface area contributed by atoms with Gasteiger partial charge in [-0.05, 0) is 28.1 Å². The third-order valence-electron chi connectivity index (χ3n) is 2.38. The first kappa shape index (κ1) is 12.2. The molecule has 0 radical (unpaired) electrons. The fraction of sp³-hybridized carbons (Fsp3) is 0.182. The van der Waals surface area contributed by atoms with Crippen molar-refractivity contribution in [3.05, 3.63) is 40.8 Å². The number of imidazole rings is 1. The summed E-state index contributed by atoms with van der Waals surface area (Å²) in [6.45, 7) is 0. The zero-order valence-corrected chi connectivity index (χ0v) is 10.4. The Morgan fingerprint density at radius 1 is 1.18 bits per heavy atom. The summed E-state index contributed by atoms with van der Waals surface area (Å²) in [6, 6.07) is 5.00. The van der Waals surface area contributed by atoms with Gasteiger partial charge < -0.3 is 4.57 Å². The first-order valence-electron chi connectivity index (χ1n) is 4.74. The van der Waals surface area contributed by atoms with E-state index in [1.54, 1.807) is 17.9 Å². The minimum Gasteiger partial charge on any atom is -0.333 e. The van der Waals surface area contributed by atoms with E-state index in [0.29, 0.717) is 10.2 Å². The molecule has 0 aliphatic heterocycles. The van der Waals surface area contributed by atoms with E-state index in [0.717, 1.165) is 17.8 Å². The zero-order chi connectivity index (χ0) is 12.6. The summed E-state index contributed by atoms with van der Waals surface area (Å²) in [5, 5.41) is 0. The highest BCUT2D eigenvalue weighted by Crippen LogP contribution is 2.32. The maximum atomic E-state index is 12.4. The van der Waals surface area contributed by atoms with Crippen molar-refractivity contribution >= 4 is 15.9 Å². The van der Waals surface area contributed by atoms with Crippen LogP contribution < -0.4 is 0 Å². The summed E-state index contributed by atoms with van der Waals surface area (Å²) in [6.07, 6.45) is -2.71. The average Bonchev–Trinajstić information content (AvgIpc) is 2.58. The van der Waals surface area contributed by atoms with Crippen molar-refractivity contribution in [3.63, 3.8) is 0 Å². The van der Waals surface area contributed by atoms with Gasteiger partial charge in [-0.1, -0.05) is 12.1 Å². The quantitative estimate of drug-likeness (QED) is 0.782. The summed E-state index contributed by atoms with van der Waals surface area (Å²) >= 11 is 3.26. The summed E-state index contributed by atoms with van der Waals surface area (Å²) < 4.78 is 39.5. The van der Waals surface area contributed by atoms with Crippen molar-refractivity contribution in [1.29, 1.82) is 0 Å². The molecule has 1 heterocycles. The van der Waals surface area contributed by atoms with E-state index in [4.69, 9.17) is 0 Å². The monoisotopic (exact) mass is 304 g/mol. The third kappa shape index (κ3) is 2.36. The molecule has 0 saturated carbocycles. The lowest BCUT2D eigenvalue weighted by molar-refractivity contribution is -0.137. The van der Waals surface area contributed by atoms with Gasteiger partial charge in [0.2, 0.25) is 0 Å². The van der Waals surface area contributed by atoms with Crippen molar-refractivity contribution in [2.75, 3.05) is 0 Å². The van der Waals surface area contributed by atoms with Crippen LogP contribution in [-0.2, 0) is 13.2 Å². The van der Waals surface area contributed by atoms with Gasteiger partial charge in [0.15, 0.2) is 0 Å². The van der Waals surface area contributed by atoms with Crippen LogP contribution in [0.5, 0.6) is 0 Å². The van der Waals surface area contributed by atoms with Crippen LogP contribution >= 0.6 is 15.9 Å². The Labute approximate surface area is 104 Å². The van der Waals surface area contributed by atoms with Crippen LogP contribution in [0.4, 0.5) is 13.2 Å². The number of hydrogen-bond donors (Lipinski definition) is 0. The molecule has 0 aliphatic carbocycles. The van der Waals surface area contributed by atoms with Gasteiger partial charge in [-0.25, -0.2) is 4.98 Å². The number of nitrogens with zero attached hydrogens (tertiary/aromatic N) is 2. The molecule has 0 unspecified atom stereocenters. The summed E-state index contributed by atoms with van der Waals surface area (Å²) in [7, 11) is 1.78. The molecular formula is C11H8BrF3N2. The van der Waals surface area contributed by atoms with Crippen molar-refractivity contribution in [3.8, 4) is 11.3 Å². The second-order valence-electron chi connectivity index (χ2n) is 3.57. The van der Waals surface area contributed by atoms with Crippen molar-refractivity contribution in [2.45, 2.75) is 6.18 Å².